The van der Waals surface area contributed by atoms with Crippen molar-refractivity contribution < 1.29 is 4.43 Å². The highest BCUT2D eigenvalue weighted by atomic mass is 28.4. The number of hydrogen-bond donors (Lipinski definition) is 1. The first kappa shape index (κ1) is 15.3. The van der Waals surface area contributed by atoms with Crippen molar-refractivity contribution >= 4 is 8.32 Å². The Morgan fingerprint density at radius 1 is 1.11 bits per heavy atom. The molecule has 0 spiro atoms. The molecule has 0 radical (unpaired) electrons. The summed E-state index contributed by atoms with van der Waals surface area (Å²) in [4.78, 5) is 0. The average Bonchev–Trinajstić information content (AvgIpc) is 2.27. The molecule has 3 heteroatoms. The van der Waals surface area contributed by atoms with Gasteiger partial charge in [-0.1, -0.05) is 32.9 Å². The zero-order valence-electron chi connectivity index (χ0n) is 12.8. The van der Waals surface area contributed by atoms with Gasteiger partial charge in [-0.3, -0.25) is 0 Å². The molecular formula is C15H27NOSi. The third kappa shape index (κ3) is 3.59. The summed E-state index contributed by atoms with van der Waals surface area (Å²) in [5.74, 6) is 0.994. The van der Waals surface area contributed by atoms with Crippen LogP contribution in [0.4, 0.5) is 0 Å². The van der Waals surface area contributed by atoms with E-state index in [4.69, 9.17) is 4.43 Å². The molecule has 1 atom stereocenters. The van der Waals surface area contributed by atoms with Gasteiger partial charge >= 0.3 is 0 Å². The van der Waals surface area contributed by atoms with Crippen LogP contribution in [0.25, 0.3) is 0 Å². The fourth-order valence-electron chi connectivity index (χ4n) is 1.44. The molecular weight excluding hydrogens is 238 g/mol. The first-order valence-corrected chi connectivity index (χ1v) is 9.54. The zero-order valence-corrected chi connectivity index (χ0v) is 13.8. The lowest BCUT2D eigenvalue weighted by atomic mass is 10.1. The molecule has 0 heterocycles. The molecule has 18 heavy (non-hydrogen) atoms. The normalized spacial score (nSPS) is 14.4. The Balaban J connectivity index is 2.81. The Morgan fingerprint density at radius 2 is 1.61 bits per heavy atom. The van der Waals surface area contributed by atoms with E-state index in [1.54, 1.807) is 0 Å². The van der Waals surface area contributed by atoms with Gasteiger partial charge in [0.1, 0.15) is 5.75 Å². The molecule has 0 saturated heterocycles. The molecule has 0 saturated carbocycles. The van der Waals surface area contributed by atoms with Crippen LogP contribution in [0.2, 0.25) is 18.1 Å². The van der Waals surface area contributed by atoms with Crippen LogP contribution in [0.5, 0.6) is 5.75 Å². The van der Waals surface area contributed by atoms with E-state index >= 15 is 0 Å². The van der Waals surface area contributed by atoms with Crippen LogP contribution >= 0.6 is 0 Å². The van der Waals surface area contributed by atoms with Gasteiger partial charge < -0.3 is 9.74 Å². The zero-order chi connectivity index (χ0) is 14.0. The van der Waals surface area contributed by atoms with Crippen LogP contribution in [0.1, 0.15) is 39.3 Å². The van der Waals surface area contributed by atoms with Gasteiger partial charge in [0.05, 0.1) is 0 Å². The Bertz CT molecular complexity index is 378. The van der Waals surface area contributed by atoms with Gasteiger partial charge in [-0.05, 0) is 49.8 Å². The van der Waals surface area contributed by atoms with Crippen molar-refractivity contribution in [2.75, 3.05) is 7.05 Å². The third-order valence-corrected chi connectivity index (χ3v) is 8.35. The first-order valence-electron chi connectivity index (χ1n) is 6.63. The summed E-state index contributed by atoms with van der Waals surface area (Å²) in [6.45, 7) is 13.5. The maximum absolute atomic E-state index is 6.25. The van der Waals surface area contributed by atoms with E-state index in [2.05, 4.69) is 70.4 Å². The molecule has 2 nitrogen and oxygen atoms in total. The van der Waals surface area contributed by atoms with Gasteiger partial charge in [0.2, 0.25) is 8.32 Å². The lowest BCUT2D eigenvalue weighted by Crippen LogP contribution is -2.43. The van der Waals surface area contributed by atoms with Crippen molar-refractivity contribution in [1.82, 2.24) is 5.32 Å². The Kier molecular flexibility index (Phi) is 4.62. The van der Waals surface area contributed by atoms with Gasteiger partial charge in [0.25, 0.3) is 0 Å². The summed E-state index contributed by atoms with van der Waals surface area (Å²) in [6, 6.07) is 8.84. The van der Waals surface area contributed by atoms with Gasteiger partial charge in [0.15, 0.2) is 0 Å². The number of benzene rings is 1. The minimum absolute atomic E-state index is 0.240. The van der Waals surface area contributed by atoms with Crippen molar-refractivity contribution in [3.8, 4) is 5.75 Å². The second-order valence-corrected chi connectivity index (χ2v) is 11.2. The molecule has 1 N–H and O–H groups in total. The topological polar surface area (TPSA) is 21.3 Å². The van der Waals surface area contributed by atoms with Crippen LogP contribution in [-0.4, -0.2) is 15.4 Å². The standard InChI is InChI=1S/C15H27NOSi/c1-12(16-5)13-8-10-14(11-9-13)17-18(6,7)15(2,3)4/h8-12,16H,1-7H3. The van der Waals surface area contributed by atoms with E-state index < -0.39 is 8.32 Å². The van der Waals surface area contributed by atoms with E-state index in [1.807, 2.05) is 7.05 Å². The van der Waals surface area contributed by atoms with Crippen molar-refractivity contribution in [2.45, 2.75) is 51.9 Å². The maximum Gasteiger partial charge on any atom is 0.250 e. The summed E-state index contributed by atoms with van der Waals surface area (Å²) in [7, 11) is 0.263. The molecule has 0 aromatic heterocycles. The second-order valence-electron chi connectivity index (χ2n) is 6.44. The molecule has 1 aromatic carbocycles. The lowest BCUT2D eigenvalue weighted by molar-refractivity contribution is 0.491. The highest BCUT2D eigenvalue weighted by Crippen LogP contribution is 2.37. The van der Waals surface area contributed by atoms with Gasteiger partial charge in [-0.25, -0.2) is 0 Å². The van der Waals surface area contributed by atoms with Gasteiger partial charge in [-0.2, -0.15) is 0 Å². The van der Waals surface area contributed by atoms with Crippen LogP contribution in [-0.2, 0) is 0 Å². The molecule has 0 aliphatic heterocycles. The predicted molar refractivity (Wildman–Crippen MR) is 81.7 cm³/mol. The fourth-order valence-corrected chi connectivity index (χ4v) is 2.47. The summed E-state index contributed by atoms with van der Waals surface area (Å²) in [5.41, 5.74) is 1.29. The van der Waals surface area contributed by atoms with Gasteiger partial charge in [-0.15, -0.1) is 0 Å². The van der Waals surface area contributed by atoms with Crippen LogP contribution < -0.4 is 9.74 Å². The van der Waals surface area contributed by atoms with E-state index in [0.29, 0.717) is 6.04 Å². The highest BCUT2D eigenvalue weighted by molar-refractivity contribution is 6.74. The van der Waals surface area contributed by atoms with E-state index in [1.165, 1.54) is 5.56 Å². The number of rotatable bonds is 4. The van der Waals surface area contributed by atoms with Crippen molar-refractivity contribution in [3.05, 3.63) is 29.8 Å². The molecule has 0 aliphatic carbocycles. The minimum Gasteiger partial charge on any atom is -0.544 e. The third-order valence-electron chi connectivity index (χ3n) is 3.99. The lowest BCUT2D eigenvalue weighted by Gasteiger charge is -2.36. The molecule has 1 unspecified atom stereocenters. The quantitative estimate of drug-likeness (QED) is 0.817. The minimum atomic E-state index is -1.71. The average molecular weight is 265 g/mol. The summed E-state index contributed by atoms with van der Waals surface area (Å²) in [6.07, 6.45) is 0. The molecule has 0 bridgehead atoms. The Hall–Kier alpha value is -0.803. The molecule has 0 aliphatic rings. The molecule has 0 fully saturated rings. The smallest absolute Gasteiger partial charge is 0.250 e. The van der Waals surface area contributed by atoms with Crippen LogP contribution in [0.15, 0.2) is 24.3 Å². The van der Waals surface area contributed by atoms with E-state index in [-0.39, 0.29) is 5.04 Å². The second kappa shape index (κ2) is 5.45. The number of hydrogen-bond acceptors (Lipinski definition) is 2. The Morgan fingerprint density at radius 3 is 2.00 bits per heavy atom. The van der Waals surface area contributed by atoms with Crippen molar-refractivity contribution in [1.29, 1.82) is 0 Å². The molecule has 1 rings (SSSR count). The van der Waals surface area contributed by atoms with E-state index in [9.17, 15) is 0 Å². The van der Waals surface area contributed by atoms with E-state index in [0.717, 1.165) is 5.75 Å². The van der Waals surface area contributed by atoms with Crippen LogP contribution in [0.3, 0.4) is 0 Å². The predicted octanol–water partition coefficient (Wildman–Crippen LogP) is 4.35. The van der Waals surface area contributed by atoms with Crippen molar-refractivity contribution in [2.24, 2.45) is 0 Å². The summed E-state index contributed by atoms with van der Waals surface area (Å²) < 4.78 is 6.25. The highest BCUT2D eigenvalue weighted by Gasteiger charge is 2.38. The largest absolute Gasteiger partial charge is 0.544 e. The maximum atomic E-state index is 6.25. The molecule has 1 aromatic rings. The van der Waals surface area contributed by atoms with Gasteiger partial charge in [0, 0.05) is 6.04 Å². The molecule has 102 valence electrons. The summed E-state index contributed by atoms with van der Waals surface area (Å²) in [5, 5.41) is 3.48. The fraction of sp³-hybridized carbons (Fsp3) is 0.600. The monoisotopic (exact) mass is 265 g/mol. The van der Waals surface area contributed by atoms with Crippen LogP contribution in [0, 0.1) is 0 Å². The molecule has 0 amide bonds. The van der Waals surface area contributed by atoms with Crippen molar-refractivity contribution in [3.63, 3.8) is 0 Å². The first-order chi connectivity index (χ1) is 8.17. The summed E-state index contributed by atoms with van der Waals surface area (Å²) >= 11 is 0. The number of nitrogens with one attached hydrogen (secondary N) is 1. The SMILES string of the molecule is CNC(C)c1ccc(O[Si](C)(C)C(C)(C)C)cc1. The Labute approximate surface area is 113 Å².